The summed E-state index contributed by atoms with van der Waals surface area (Å²) >= 11 is 3.43. The predicted octanol–water partition coefficient (Wildman–Crippen LogP) is 2.90. The molecule has 108 valence electrons. The lowest BCUT2D eigenvalue weighted by molar-refractivity contribution is 0.508. The third-order valence-electron chi connectivity index (χ3n) is 2.95. The summed E-state index contributed by atoms with van der Waals surface area (Å²) in [5.74, 6) is 1.01. The van der Waals surface area contributed by atoms with Gasteiger partial charge in [0.2, 0.25) is 0 Å². The molecule has 1 aromatic heterocycles. The van der Waals surface area contributed by atoms with Crippen LogP contribution in [0.25, 0.3) is 0 Å². The first-order valence-corrected chi connectivity index (χ1v) is 8.01. The topological polar surface area (TPSA) is 38.1 Å². The molecule has 1 rings (SSSR count). The molecule has 0 amide bonds. The Kier molecular flexibility index (Phi) is 7.13. The van der Waals surface area contributed by atoms with E-state index in [1.165, 1.54) is 12.8 Å². The highest BCUT2D eigenvalue weighted by atomic mass is 79.9. The average molecular weight is 330 g/mol. The van der Waals surface area contributed by atoms with Crippen LogP contribution in [-0.2, 0) is 6.54 Å². The average Bonchev–Trinajstić information content (AvgIpc) is 2.36. The van der Waals surface area contributed by atoms with Gasteiger partial charge in [-0.25, -0.2) is 4.98 Å². The minimum absolute atomic E-state index is 0.0131. The van der Waals surface area contributed by atoms with Crippen LogP contribution >= 0.6 is 15.9 Å². The lowest BCUT2D eigenvalue weighted by Crippen LogP contribution is -2.32. The minimum Gasteiger partial charge on any atom is -0.355 e. The summed E-state index contributed by atoms with van der Waals surface area (Å²) in [5, 5.41) is 1.04. The predicted molar refractivity (Wildman–Crippen MR) is 84.3 cm³/mol. The van der Waals surface area contributed by atoms with E-state index in [4.69, 9.17) is 0 Å². The second-order valence-corrected chi connectivity index (χ2v) is 6.07. The SMILES string of the molecule is CC(C)Cn1ccnc(N(C)CCCCCBr)c1=O. The number of anilines is 1. The zero-order valence-corrected chi connectivity index (χ0v) is 13.7. The molecule has 0 aliphatic rings. The van der Waals surface area contributed by atoms with E-state index in [0.717, 1.165) is 24.8 Å². The summed E-state index contributed by atoms with van der Waals surface area (Å²) in [6.45, 7) is 5.83. The third kappa shape index (κ3) is 5.35. The van der Waals surface area contributed by atoms with Crippen molar-refractivity contribution in [3.63, 3.8) is 0 Å². The van der Waals surface area contributed by atoms with Crippen LogP contribution < -0.4 is 10.5 Å². The largest absolute Gasteiger partial charge is 0.355 e. The maximum atomic E-state index is 12.3. The zero-order chi connectivity index (χ0) is 14.3. The fraction of sp³-hybridized carbons (Fsp3) is 0.714. The van der Waals surface area contributed by atoms with E-state index in [1.807, 2.05) is 11.9 Å². The van der Waals surface area contributed by atoms with E-state index in [2.05, 4.69) is 34.8 Å². The van der Waals surface area contributed by atoms with Crippen LogP contribution in [0.4, 0.5) is 5.82 Å². The first-order chi connectivity index (χ1) is 9.06. The molecule has 5 heteroatoms. The fourth-order valence-corrected chi connectivity index (χ4v) is 2.36. The molecule has 0 aromatic carbocycles. The van der Waals surface area contributed by atoms with Gasteiger partial charge in [0.25, 0.3) is 5.56 Å². The number of alkyl halides is 1. The molecule has 0 spiro atoms. The monoisotopic (exact) mass is 329 g/mol. The minimum atomic E-state index is 0.0131. The molecule has 0 radical (unpaired) electrons. The van der Waals surface area contributed by atoms with Crippen molar-refractivity contribution in [1.29, 1.82) is 0 Å². The lowest BCUT2D eigenvalue weighted by Gasteiger charge is -2.18. The Hall–Kier alpha value is -0.840. The third-order valence-corrected chi connectivity index (χ3v) is 3.51. The Morgan fingerprint density at radius 2 is 2.11 bits per heavy atom. The van der Waals surface area contributed by atoms with Crippen molar-refractivity contribution in [3.8, 4) is 0 Å². The molecule has 0 saturated heterocycles. The van der Waals surface area contributed by atoms with E-state index in [0.29, 0.717) is 11.7 Å². The van der Waals surface area contributed by atoms with Gasteiger partial charge >= 0.3 is 0 Å². The molecular weight excluding hydrogens is 306 g/mol. The number of halogens is 1. The molecule has 0 saturated carbocycles. The molecule has 0 N–H and O–H groups in total. The van der Waals surface area contributed by atoms with Crippen LogP contribution in [0.5, 0.6) is 0 Å². The normalized spacial score (nSPS) is 11.0. The van der Waals surface area contributed by atoms with Crippen molar-refractivity contribution < 1.29 is 0 Å². The molecule has 0 atom stereocenters. The molecule has 0 unspecified atom stereocenters. The van der Waals surface area contributed by atoms with Crippen molar-refractivity contribution >= 4 is 21.7 Å². The number of aromatic nitrogens is 2. The van der Waals surface area contributed by atoms with Crippen LogP contribution in [-0.4, -0.2) is 28.5 Å². The molecule has 0 bridgehead atoms. The van der Waals surface area contributed by atoms with E-state index < -0.39 is 0 Å². The smallest absolute Gasteiger partial charge is 0.293 e. The Morgan fingerprint density at radius 1 is 1.37 bits per heavy atom. The highest BCUT2D eigenvalue weighted by Crippen LogP contribution is 2.06. The van der Waals surface area contributed by atoms with Crippen molar-refractivity contribution in [1.82, 2.24) is 9.55 Å². The Balaban J connectivity index is 2.69. The summed E-state index contributed by atoms with van der Waals surface area (Å²) in [6, 6.07) is 0. The van der Waals surface area contributed by atoms with Gasteiger partial charge in [-0.1, -0.05) is 36.2 Å². The van der Waals surface area contributed by atoms with Crippen LogP contribution in [0.1, 0.15) is 33.1 Å². The molecular formula is C14H24BrN3O. The second kappa shape index (κ2) is 8.35. The van der Waals surface area contributed by atoms with E-state index in [9.17, 15) is 4.79 Å². The highest BCUT2D eigenvalue weighted by Gasteiger charge is 2.10. The molecule has 4 nitrogen and oxygen atoms in total. The maximum Gasteiger partial charge on any atom is 0.293 e. The summed E-state index contributed by atoms with van der Waals surface area (Å²) in [4.78, 5) is 18.5. The van der Waals surface area contributed by atoms with Crippen LogP contribution in [0.15, 0.2) is 17.2 Å². The fourth-order valence-electron chi connectivity index (χ4n) is 1.96. The Labute approximate surface area is 124 Å². The number of hydrogen-bond donors (Lipinski definition) is 0. The summed E-state index contributed by atoms with van der Waals surface area (Å²) in [5.41, 5.74) is 0.0131. The van der Waals surface area contributed by atoms with Crippen molar-refractivity contribution in [3.05, 3.63) is 22.7 Å². The van der Waals surface area contributed by atoms with Gasteiger partial charge in [0.05, 0.1) is 0 Å². The Bertz CT molecular complexity index is 431. The van der Waals surface area contributed by atoms with E-state index in [-0.39, 0.29) is 5.56 Å². The summed E-state index contributed by atoms with van der Waals surface area (Å²) in [6.07, 6.45) is 6.91. The van der Waals surface area contributed by atoms with Crippen LogP contribution in [0.3, 0.4) is 0 Å². The molecule has 1 heterocycles. The molecule has 19 heavy (non-hydrogen) atoms. The van der Waals surface area contributed by atoms with Gasteiger partial charge in [-0.05, 0) is 18.8 Å². The maximum absolute atomic E-state index is 12.3. The van der Waals surface area contributed by atoms with Gasteiger partial charge < -0.3 is 9.47 Å². The molecule has 1 aromatic rings. The van der Waals surface area contributed by atoms with Gasteiger partial charge in [-0.15, -0.1) is 0 Å². The number of unbranched alkanes of at least 4 members (excludes halogenated alkanes) is 2. The first kappa shape index (κ1) is 16.2. The Morgan fingerprint density at radius 3 is 2.74 bits per heavy atom. The number of hydrogen-bond acceptors (Lipinski definition) is 3. The van der Waals surface area contributed by atoms with Gasteiger partial charge in [-0.2, -0.15) is 0 Å². The van der Waals surface area contributed by atoms with Crippen LogP contribution in [0, 0.1) is 5.92 Å². The molecule has 0 aliphatic heterocycles. The van der Waals surface area contributed by atoms with Crippen molar-refractivity contribution in [2.24, 2.45) is 5.92 Å². The molecule has 0 fully saturated rings. The lowest BCUT2D eigenvalue weighted by atomic mass is 10.2. The van der Waals surface area contributed by atoms with Gasteiger partial charge in [0.15, 0.2) is 5.82 Å². The second-order valence-electron chi connectivity index (χ2n) is 5.27. The van der Waals surface area contributed by atoms with E-state index >= 15 is 0 Å². The van der Waals surface area contributed by atoms with Crippen molar-refractivity contribution in [2.45, 2.75) is 39.7 Å². The zero-order valence-electron chi connectivity index (χ0n) is 12.1. The quantitative estimate of drug-likeness (QED) is 0.543. The van der Waals surface area contributed by atoms with Gasteiger partial charge in [0.1, 0.15) is 0 Å². The summed E-state index contributed by atoms with van der Waals surface area (Å²) in [7, 11) is 1.94. The van der Waals surface area contributed by atoms with Gasteiger partial charge in [0, 0.05) is 37.9 Å². The molecule has 0 aliphatic carbocycles. The highest BCUT2D eigenvalue weighted by molar-refractivity contribution is 9.09. The van der Waals surface area contributed by atoms with E-state index in [1.54, 1.807) is 17.0 Å². The standard InChI is InChI=1S/C14H24BrN3O/c1-12(2)11-18-10-8-16-13(14(18)19)17(3)9-6-4-5-7-15/h8,10,12H,4-7,9,11H2,1-3H3. The number of rotatable bonds is 8. The van der Waals surface area contributed by atoms with Crippen LogP contribution in [0.2, 0.25) is 0 Å². The van der Waals surface area contributed by atoms with Crippen molar-refractivity contribution in [2.75, 3.05) is 23.8 Å². The van der Waals surface area contributed by atoms with Gasteiger partial charge in [-0.3, -0.25) is 4.79 Å². The number of nitrogens with zero attached hydrogens (tertiary/aromatic N) is 3. The summed E-state index contributed by atoms with van der Waals surface area (Å²) < 4.78 is 1.75. The first-order valence-electron chi connectivity index (χ1n) is 6.88.